The first kappa shape index (κ1) is 21.0. The smallest absolute Gasteiger partial charge is 0.331 e. The minimum Gasteiger partial charge on any atom is -0.493 e. The first-order valence-corrected chi connectivity index (χ1v) is 9.40. The molecule has 8 heteroatoms. The van der Waals surface area contributed by atoms with E-state index in [1.165, 1.54) is 13.0 Å². The van der Waals surface area contributed by atoms with E-state index < -0.39 is 18.0 Å². The fourth-order valence-corrected chi connectivity index (χ4v) is 2.71. The average Bonchev–Trinajstić information content (AvgIpc) is 3.20. The zero-order valence-corrected chi connectivity index (χ0v) is 17.0. The molecule has 1 aliphatic rings. The average molecular weight is 413 g/mol. The van der Waals surface area contributed by atoms with E-state index in [1.54, 1.807) is 49.6 Å². The van der Waals surface area contributed by atoms with Crippen LogP contribution in [0.3, 0.4) is 0 Å². The van der Waals surface area contributed by atoms with Crippen LogP contribution in [0.1, 0.15) is 19.4 Å². The van der Waals surface area contributed by atoms with Crippen LogP contribution in [0.25, 0.3) is 6.08 Å². The molecular formula is C22H23NO7. The molecule has 1 aliphatic heterocycles. The van der Waals surface area contributed by atoms with E-state index in [1.807, 2.05) is 6.92 Å². The number of carbonyl (C=O) groups is 2. The minimum absolute atomic E-state index is 0.146. The molecule has 1 atom stereocenters. The lowest BCUT2D eigenvalue weighted by Gasteiger charge is -2.12. The lowest BCUT2D eigenvalue weighted by atomic mass is 10.2. The van der Waals surface area contributed by atoms with Crippen LogP contribution < -0.4 is 24.3 Å². The fourth-order valence-electron chi connectivity index (χ4n) is 2.71. The Balaban J connectivity index is 1.56. The number of esters is 1. The van der Waals surface area contributed by atoms with Gasteiger partial charge in [-0.2, -0.15) is 0 Å². The second kappa shape index (κ2) is 9.69. The summed E-state index contributed by atoms with van der Waals surface area (Å²) in [5.74, 6) is 1.24. The fraction of sp³-hybridized carbons (Fsp3) is 0.273. The van der Waals surface area contributed by atoms with Gasteiger partial charge in [0.25, 0.3) is 5.91 Å². The van der Waals surface area contributed by atoms with Gasteiger partial charge < -0.3 is 29.0 Å². The number of carbonyl (C=O) groups excluding carboxylic acids is 2. The Morgan fingerprint density at radius 1 is 1.13 bits per heavy atom. The van der Waals surface area contributed by atoms with Crippen molar-refractivity contribution in [3.8, 4) is 23.0 Å². The predicted octanol–water partition coefficient (Wildman–Crippen LogP) is 3.41. The Morgan fingerprint density at radius 2 is 1.93 bits per heavy atom. The minimum atomic E-state index is -0.984. The third-order valence-corrected chi connectivity index (χ3v) is 4.20. The zero-order chi connectivity index (χ0) is 21.5. The van der Waals surface area contributed by atoms with Crippen molar-refractivity contribution in [3.05, 3.63) is 48.0 Å². The molecule has 1 heterocycles. The first-order chi connectivity index (χ1) is 14.5. The van der Waals surface area contributed by atoms with Crippen LogP contribution in [0.15, 0.2) is 42.5 Å². The second-order valence-corrected chi connectivity index (χ2v) is 6.31. The van der Waals surface area contributed by atoms with Crippen LogP contribution in [-0.4, -0.2) is 38.5 Å². The van der Waals surface area contributed by atoms with E-state index >= 15 is 0 Å². The van der Waals surface area contributed by atoms with Gasteiger partial charge in [0.05, 0.1) is 13.7 Å². The first-order valence-electron chi connectivity index (χ1n) is 9.40. The quantitative estimate of drug-likeness (QED) is 0.524. The Morgan fingerprint density at radius 3 is 2.70 bits per heavy atom. The van der Waals surface area contributed by atoms with E-state index in [0.717, 1.165) is 5.56 Å². The Hall–Kier alpha value is -3.68. The van der Waals surface area contributed by atoms with Crippen molar-refractivity contribution >= 4 is 23.6 Å². The third-order valence-electron chi connectivity index (χ3n) is 4.20. The van der Waals surface area contributed by atoms with Crippen LogP contribution in [0.4, 0.5) is 5.69 Å². The molecule has 3 rings (SSSR count). The van der Waals surface area contributed by atoms with Crippen LogP contribution in [0, 0.1) is 0 Å². The van der Waals surface area contributed by atoms with Crippen LogP contribution in [0.2, 0.25) is 0 Å². The van der Waals surface area contributed by atoms with E-state index in [0.29, 0.717) is 35.3 Å². The molecular weight excluding hydrogens is 390 g/mol. The van der Waals surface area contributed by atoms with Gasteiger partial charge in [0.2, 0.25) is 6.79 Å². The molecule has 2 aromatic rings. The number of fused-ring (bicyclic) bond motifs is 1. The molecule has 8 nitrogen and oxygen atoms in total. The summed E-state index contributed by atoms with van der Waals surface area (Å²) in [6.07, 6.45) is 1.84. The molecule has 0 saturated heterocycles. The molecule has 30 heavy (non-hydrogen) atoms. The van der Waals surface area contributed by atoms with Gasteiger partial charge in [-0.15, -0.1) is 0 Å². The number of ether oxygens (including phenoxy) is 5. The third kappa shape index (κ3) is 5.22. The van der Waals surface area contributed by atoms with Crippen molar-refractivity contribution in [2.45, 2.75) is 20.0 Å². The Bertz CT molecular complexity index is 954. The Kier molecular flexibility index (Phi) is 6.79. The molecule has 0 unspecified atom stereocenters. The normalized spacial score (nSPS) is 13.0. The number of hydrogen-bond acceptors (Lipinski definition) is 7. The lowest BCUT2D eigenvalue weighted by Crippen LogP contribution is -2.29. The summed E-state index contributed by atoms with van der Waals surface area (Å²) in [5, 5.41) is 2.68. The van der Waals surface area contributed by atoms with Gasteiger partial charge in [-0.3, -0.25) is 4.79 Å². The molecule has 158 valence electrons. The molecule has 0 fully saturated rings. The molecule has 0 spiro atoms. The molecule has 1 amide bonds. The molecule has 1 N–H and O–H groups in total. The second-order valence-electron chi connectivity index (χ2n) is 6.31. The van der Waals surface area contributed by atoms with Gasteiger partial charge in [-0.1, -0.05) is 6.07 Å². The molecule has 0 radical (unpaired) electrons. The van der Waals surface area contributed by atoms with E-state index in [4.69, 9.17) is 23.7 Å². The number of amides is 1. The lowest BCUT2D eigenvalue weighted by molar-refractivity contribution is -0.148. The van der Waals surface area contributed by atoms with Crippen molar-refractivity contribution in [1.82, 2.24) is 0 Å². The van der Waals surface area contributed by atoms with Crippen LogP contribution >= 0.6 is 0 Å². The van der Waals surface area contributed by atoms with Crippen molar-refractivity contribution < 1.29 is 33.3 Å². The van der Waals surface area contributed by atoms with E-state index in [2.05, 4.69) is 5.32 Å². The molecule has 0 bridgehead atoms. The maximum atomic E-state index is 12.3. The number of rotatable bonds is 8. The van der Waals surface area contributed by atoms with Gasteiger partial charge >= 0.3 is 5.97 Å². The summed E-state index contributed by atoms with van der Waals surface area (Å²) in [6.45, 7) is 4.00. The van der Waals surface area contributed by atoms with Gasteiger partial charge in [0.15, 0.2) is 29.1 Å². The topological polar surface area (TPSA) is 92.3 Å². The summed E-state index contributed by atoms with van der Waals surface area (Å²) in [7, 11) is 1.56. The number of hydrogen-bond donors (Lipinski definition) is 1. The van der Waals surface area contributed by atoms with Gasteiger partial charge in [0, 0.05) is 17.8 Å². The summed E-state index contributed by atoms with van der Waals surface area (Å²) in [4.78, 5) is 24.4. The van der Waals surface area contributed by atoms with Gasteiger partial charge in [-0.25, -0.2) is 4.79 Å². The van der Waals surface area contributed by atoms with Crippen LogP contribution in [-0.2, 0) is 14.3 Å². The van der Waals surface area contributed by atoms with Crippen LogP contribution in [0.5, 0.6) is 23.0 Å². The largest absolute Gasteiger partial charge is 0.493 e. The van der Waals surface area contributed by atoms with Crippen molar-refractivity contribution in [1.29, 1.82) is 0 Å². The highest BCUT2D eigenvalue weighted by Crippen LogP contribution is 2.34. The van der Waals surface area contributed by atoms with Crippen molar-refractivity contribution in [2.75, 3.05) is 25.8 Å². The SMILES string of the molecule is CCOc1cc(/C=C/C(=O)O[C@H](C)C(=O)Nc2ccc3c(c2)OCO3)ccc1OC. The van der Waals surface area contributed by atoms with Gasteiger partial charge in [-0.05, 0) is 49.8 Å². The monoisotopic (exact) mass is 413 g/mol. The van der Waals surface area contributed by atoms with Crippen molar-refractivity contribution in [3.63, 3.8) is 0 Å². The molecule has 0 saturated carbocycles. The zero-order valence-electron chi connectivity index (χ0n) is 17.0. The highest BCUT2D eigenvalue weighted by Gasteiger charge is 2.19. The summed E-state index contributed by atoms with van der Waals surface area (Å²) >= 11 is 0. The van der Waals surface area contributed by atoms with Crippen molar-refractivity contribution in [2.24, 2.45) is 0 Å². The summed E-state index contributed by atoms with van der Waals surface area (Å²) in [5.41, 5.74) is 1.25. The maximum Gasteiger partial charge on any atom is 0.331 e. The Labute approximate surface area is 174 Å². The van der Waals surface area contributed by atoms with E-state index in [-0.39, 0.29) is 6.79 Å². The summed E-state index contributed by atoms with van der Waals surface area (Å²) in [6, 6.07) is 10.3. The number of anilines is 1. The number of benzene rings is 2. The van der Waals surface area contributed by atoms with Gasteiger partial charge in [0.1, 0.15) is 0 Å². The van der Waals surface area contributed by atoms with E-state index in [9.17, 15) is 9.59 Å². The predicted molar refractivity (Wildman–Crippen MR) is 110 cm³/mol. The molecule has 0 aromatic heterocycles. The molecule has 0 aliphatic carbocycles. The maximum absolute atomic E-state index is 12.3. The standard InChI is InChI=1S/C22H23NO7/c1-4-27-19-11-15(5-8-17(19)26-3)6-10-21(24)30-14(2)22(25)23-16-7-9-18-20(12-16)29-13-28-18/h5-12,14H,4,13H2,1-3H3,(H,23,25)/b10-6+/t14-/m1/s1. The highest BCUT2D eigenvalue weighted by molar-refractivity contribution is 5.96. The summed E-state index contributed by atoms with van der Waals surface area (Å²) < 4.78 is 26.4. The number of methoxy groups -OCH3 is 1. The number of nitrogens with one attached hydrogen (secondary N) is 1. The molecule has 2 aromatic carbocycles. The highest BCUT2D eigenvalue weighted by atomic mass is 16.7.